The first-order valence-electron chi connectivity index (χ1n) is 6.90. The van der Waals surface area contributed by atoms with Crippen LogP contribution < -0.4 is 5.32 Å². The van der Waals surface area contributed by atoms with E-state index in [1.807, 2.05) is 17.8 Å². The van der Waals surface area contributed by atoms with Crippen molar-refractivity contribution in [3.63, 3.8) is 0 Å². The average Bonchev–Trinajstić information content (AvgIpc) is 2.85. The van der Waals surface area contributed by atoms with Gasteiger partial charge in [-0.15, -0.1) is 0 Å². The molecule has 0 radical (unpaired) electrons. The Bertz CT molecular complexity index is 484. The number of nitrogens with one attached hydrogen (secondary N) is 1. The Morgan fingerprint density at radius 2 is 2.30 bits per heavy atom. The summed E-state index contributed by atoms with van der Waals surface area (Å²) < 4.78 is 0.593. The molecule has 4 nitrogen and oxygen atoms in total. The number of halogens is 1. The van der Waals surface area contributed by atoms with Crippen LogP contribution in [0.3, 0.4) is 0 Å². The summed E-state index contributed by atoms with van der Waals surface area (Å²) in [5, 5.41) is 15.2. The minimum absolute atomic E-state index is 0.134. The summed E-state index contributed by atoms with van der Waals surface area (Å²) in [4.78, 5) is 10.6. The van der Waals surface area contributed by atoms with Crippen LogP contribution >= 0.6 is 27.7 Å². The van der Waals surface area contributed by atoms with Crippen LogP contribution in [0.25, 0.3) is 0 Å². The zero-order chi connectivity index (χ0) is 14.5. The van der Waals surface area contributed by atoms with Gasteiger partial charge in [0, 0.05) is 23.9 Å². The molecule has 0 spiro atoms. The molecule has 2 rings (SSSR count). The summed E-state index contributed by atoms with van der Waals surface area (Å²) in [7, 11) is 0. The Kier molecular flexibility index (Phi) is 5.86. The number of rotatable bonds is 6. The predicted molar refractivity (Wildman–Crippen MR) is 87.2 cm³/mol. The lowest BCUT2D eigenvalue weighted by Gasteiger charge is -2.20. The molecule has 6 heteroatoms. The van der Waals surface area contributed by atoms with Gasteiger partial charge in [0.15, 0.2) is 0 Å². The summed E-state index contributed by atoms with van der Waals surface area (Å²) in [6.45, 7) is 2.87. The highest BCUT2D eigenvalue weighted by Crippen LogP contribution is 2.31. The molecule has 1 N–H and O–H groups in total. The largest absolute Gasteiger partial charge is 0.309 e. The van der Waals surface area contributed by atoms with E-state index in [0.717, 1.165) is 11.3 Å². The molecule has 1 aliphatic rings. The van der Waals surface area contributed by atoms with Crippen molar-refractivity contribution in [2.24, 2.45) is 0 Å². The Morgan fingerprint density at radius 3 is 3.00 bits per heavy atom. The van der Waals surface area contributed by atoms with Crippen molar-refractivity contribution in [3.8, 4) is 0 Å². The number of hydrogen-bond acceptors (Lipinski definition) is 4. The minimum Gasteiger partial charge on any atom is -0.309 e. The highest BCUT2D eigenvalue weighted by atomic mass is 79.9. The molecule has 1 aromatic carbocycles. The minimum atomic E-state index is -0.348. The fourth-order valence-corrected chi connectivity index (χ4v) is 4.43. The van der Waals surface area contributed by atoms with Crippen LogP contribution in [0.4, 0.5) is 5.69 Å². The maximum Gasteiger partial charge on any atom is 0.283 e. The first-order chi connectivity index (χ1) is 9.63. The van der Waals surface area contributed by atoms with Gasteiger partial charge in [0.1, 0.15) is 0 Å². The molecule has 0 aromatic heterocycles. The summed E-state index contributed by atoms with van der Waals surface area (Å²) in [6, 6.07) is 5.72. The molecule has 0 bridgehead atoms. The normalized spacial score (nSPS) is 22.1. The molecule has 2 atom stereocenters. The number of thioether (sulfide) groups is 1. The van der Waals surface area contributed by atoms with Gasteiger partial charge in [0.25, 0.3) is 5.69 Å². The summed E-state index contributed by atoms with van der Waals surface area (Å²) >= 11 is 5.36. The van der Waals surface area contributed by atoms with Crippen molar-refractivity contribution < 1.29 is 4.92 Å². The number of hydrogen-bond donors (Lipinski definition) is 1. The molecule has 0 amide bonds. The van der Waals surface area contributed by atoms with E-state index in [-0.39, 0.29) is 10.6 Å². The molecule has 0 heterocycles. The fourth-order valence-electron chi connectivity index (χ4n) is 2.66. The van der Waals surface area contributed by atoms with Gasteiger partial charge in [-0.1, -0.05) is 25.5 Å². The molecule has 110 valence electrons. The van der Waals surface area contributed by atoms with Crippen molar-refractivity contribution in [1.82, 2.24) is 5.32 Å². The van der Waals surface area contributed by atoms with Crippen molar-refractivity contribution >= 4 is 33.4 Å². The Balaban J connectivity index is 2.00. The van der Waals surface area contributed by atoms with Gasteiger partial charge in [-0.2, -0.15) is 11.8 Å². The molecular weight excluding hydrogens is 340 g/mol. The van der Waals surface area contributed by atoms with Crippen LogP contribution in [0, 0.1) is 10.1 Å². The SMILES string of the molecule is CCSC1CCCC1NCc1cccc([N+](=O)[O-])c1Br. The molecule has 0 saturated heterocycles. The highest BCUT2D eigenvalue weighted by molar-refractivity contribution is 9.10. The number of benzene rings is 1. The van der Waals surface area contributed by atoms with E-state index in [1.165, 1.54) is 25.3 Å². The van der Waals surface area contributed by atoms with Gasteiger partial charge in [-0.3, -0.25) is 10.1 Å². The molecule has 1 fully saturated rings. The van der Waals surface area contributed by atoms with Gasteiger partial charge in [0.05, 0.1) is 9.40 Å². The van der Waals surface area contributed by atoms with E-state index >= 15 is 0 Å². The van der Waals surface area contributed by atoms with Crippen molar-refractivity contribution in [3.05, 3.63) is 38.3 Å². The van der Waals surface area contributed by atoms with Gasteiger partial charge < -0.3 is 5.32 Å². The molecular formula is C14H19BrN2O2S. The molecule has 2 unspecified atom stereocenters. The van der Waals surface area contributed by atoms with Crippen molar-refractivity contribution in [2.75, 3.05) is 5.75 Å². The van der Waals surface area contributed by atoms with Gasteiger partial charge >= 0.3 is 0 Å². The van der Waals surface area contributed by atoms with E-state index in [2.05, 4.69) is 28.2 Å². The smallest absolute Gasteiger partial charge is 0.283 e. The molecule has 0 aliphatic heterocycles. The predicted octanol–water partition coefficient (Wildman–Crippen LogP) is 4.12. The maximum atomic E-state index is 10.9. The quantitative estimate of drug-likeness (QED) is 0.613. The van der Waals surface area contributed by atoms with Crippen molar-refractivity contribution in [1.29, 1.82) is 0 Å². The Labute approximate surface area is 132 Å². The standard InChI is InChI=1S/C14H19BrN2O2S/c1-2-20-13-8-4-6-11(13)16-9-10-5-3-7-12(14(10)15)17(18)19/h3,5,7,11,13,16H,2,4,6,8-9H2,1H3. The van der Waals surface area contributed by atoms with E-state index in [4.69, 9.17) is 0 Å². The molecule has 1 aromatic rings. The zero-order valence-corrected chi connectivity index (χ0v) is 13.9. The Morgan fingerprint density at radius 1 is 1.50 bits per heavy atom. The van der Waals surface area contributed by atoms with Gasteiger partial charge in [-0.25, -0.2) is 0 Å². The van der Waals surface area contributed by atoms with E-state index < -0.39 is 0 Å². The second-order valence-electron chi connectivity index (χ2n) is 4.92. The van der Waals surface area contributed by atoms with Gasteiger partial charge in [-0.05, 0) is 40.1 Å². The van der Waals surface area contributed by atoms with Crippen LogP contribution in [0.5, 0.6) is 0 Å². The third-order valence-corrected chi connectivity index (χ3v) is 5.88. The topological polar surface area (TPSA) is 55.2 Å². The maximum absolute atomic E-state index is 10.9. The van der Waals surface area contributed by atoms with Crippen molar-refractivity contribution in [2.45, 2.75) is 44.0 Å². The molecule has 20 heavy (non-hydrogen) atoms. The molecule has 1 aliphatic carbocycles. The second kappa shape index (κ2) is 7.43. The van der Waals surface area contributed by atoms with E-state index in [9.17, 15) is 10.1 Å². The first kappa shape index (κ1) is 15.8. The van der Waals surface area contributed by atoms with E-state index in [0.29, 0.717) is 22.3 Å². The van der Waals surface area contributed by atoms with Crippen LogP contribution in [0.15, 0.2) is 22.7 Å². The molecule has 1 saturated carbocycles. The van der Waals surface area contributed by atoms with Crippen LogP contribution in [-0.4, -0.2) is 22.0 Å². The lowest BCUT2D eigenvalue weighted by molar-refractivity contribution is -0.385. The highest BCUT2D eigenvalue weighted by Gasteiger charge is 2.27. The summed E-state index contributed by atoms with van der Waals surface area (Å²) in [6.07, 6.45) is 3.74. The lowest BCUT2D eigenvalue weighted by Crippen LogP contribution is -2.33. The third-order valence-electron chi connectivity index (χ3n) is 3.64. The third kappa shape index (κ3) is 3.74. The van der Waals surface area contributed by atoms with E-state index in [1.54, 1.807) is 6.07 Å². The summed E-state index contributed by atoms with van der Waals surface area (Å²) in [5.41, 5.74) is 1.08. The summed E-state index contributed by atoms with van der Waals surface area (Å²) in [5.74, 6) is 1.14. The fraction of sp³-hybridized carbons (Fsp3) is 0.571. The zero-order valence-electron chi connectivity index (χ0n) is 11.5. The lowest BCUT2D eigenvalue weighted by atomic mass is 10.1. The first-order valence-corrected chi connectivity index (χ1v) is 8.74. The number of nitro benzene ring substituents is 1. The average molecular weight is 359 g/mol. The number of nitro groups is 1. The number of nitrogens with zero attached hydrogens (tertiary/aromatic N) is 1. The van der Waals surface area contributed by atoms with Crippen LogP contribution in [0.2, 0.25) is 0 Å². The van der Waals surface area contributed by atoms with Crippen LogP contribution in [0.1, 0.15) is 31.7 Å². The second-order valence-corrected chi connectivity index (χ2v) is 7.23. The monoisotopic (exact) mass is 358 g/mol. The van der Waals surface area contributed by atoms with Crippen LogP contribution in [-0.2, 0) is 6.54 Å². The van der Waals surface area contributed by atoms with Gasteiger partial charge in [0.2, 0.25) is 0 Å². The Hall–Kier alpha value is -0.590.